The summed E-state index contributed by atoms with van der Waals surface area (Å²) >= 11 is 0. The highest BCUT2D eigenvalue weighted by molar-refractivity contribution is 5.68. The molecule has 0 atom stereocenters. The summed E-state index contributed by atoms with van der Waals surface area (Å²) in [6.07, 6.45) is 4.34. The number of nitriles is 1. The van der Waals surface area contributed by atoms with Gasteiger partial charge in [-0.15, -0.1) is 0 Å². The van der Waals surface area contributed by atoms with Crippen molar-refractivity contribution >= 4 is 5.82 Å². The highest BCUT2D eigenvalue weighted by Crippen LogP contribution is 2.25. The molecular formula is C16H15N3. The Hall–Kier alpha value is -2.34. The van der Waals surface area contributed by atoms with E-state index in [0.29, 0.717) is 5.56 Å². The SMILES string of the molecule is N#Cc1cccc(-c2ccnc(N3CCCC3)c2)c1. The van der Waals surface area contributed by atoms with E-state index >= 15 is 0 Å². The van der Waals surface area contributed by atoms with Crippen LogP contribution in [0.2, 0.25) is 0 Å². The number of hydrogen-bond donors (Lipinski definition) is 0. The standard InChI is InChI=1S/C16H15N3/c17-12-13-4-3-5-14(10-13)15-6-7-18-16(11-15)19-8-1-2-9-19/h3-7,10-11H,1-2,8-9H2. The lowest BCUT2D eigenvalue weighted by atomic mass is 10.0. The van der Waals surface area contributed by atoms with Gasteiger partial charge in [0.25, 0.3) is 0 Å². The maximum Gasteiger partial charge on any atom is 0.129 e. The summed E-state index contributed by atoms with van der Waals surface area (Å²) in [4.78, 5) is 6.77. The van der Waals surface area contributed by atoms with Crippen LogP contribution in [0.15, 0.2) is 42.6 Å². The molecule has 0 radical (unpaired) electrons. The van der Waals surface area contributed by atoms with Crippen LogP contribution in [-0.4, -0.2) is 18.1 Å². The Kier molecular flexibility index (Phi) is 3.16. The number of rotatable bonds is 2. The van der Waals surface area contributed by atoms with Crippen molar-refractivity contribution in [3.8, 4) is 17.2 Å². The third-order valence-corrected chi connectivity index (χ3v) is 3.50. The molecule has 2 heterocycles. The van der Waals surface area contributed by atoms with Gasteiger partial charge >= 0.3 is 0 Å². The summed E-state index contributed by atoms with van der Waals surface area (Å²) in [6.45, 7) is 2.18. The van der Waals surface area contributed by atoms with Crippen LogP contribution in [0.5, 0.6) is 0 Å². The van der Waals surface area contributed by atoms with Gasteiger partial charge in [-0.2, -0.15) is 5.26 Å². The lowest BCUT2D eigenvalue weighted by Gasteiger charge is -2.16. The van der Waals surface area contributed by atoms with Crippen molar-refractivity contribution in [1.82, 2.24) is 4.98 Å². The second-order valence-corrected chi connectivity index (χ2v) is 4.79. The predicted molar refractivity (Wildman–Crippen MR) is 75.8 cm³/mol. The van der Waals surface area contributed by atoms with Crippen LogP contribution < -0.4 is 4.90 Å². The van der Waals surface area contributed by atoms with Crippen LogP contribution in [0.3, 0.4) is 0 Å². The molecule has 0 spiro atoms. The number of benzene rings is 1. The third-order valence-electron chi connectivity index (χ3n) is 3.50. The molecule has 1 aromatic carbocycles. The first-order valence-electron chi connectivity index (χ1n) is 6.58. The molecule has 1 aliphatic rings. The van der Waals surface area contributed by atoms with Gasteiger partial charge in [0.2, 0.25) is 0 Å². The fraction of sp³-hybridized carbons (Fsp3) is 0.250. The Balaban J connectivity index is 1.96. The second-order valence-electron chi connectivity index (χ2n) is 4.79. The van der Waals surface area contributed by atoms with E-state index in [9.17, 15) is 0 Å². The summed E-state index contributed by atoms with van der Waals surface area (Å²) in [5.41, 5.74) is 2.88. The van der Waals surface area contributed by atoms with E-state index in [0.717, 1.165) is 30.0 Å². The van der Waals surface area contributed by atoms with Crippen molar-refractivity contribution in [3.05, 3.63) is 48.2 Å². The smallest absolute Gasteiger partial charge is 0.129 e. The number of nitrogens with zero attached hydrogens (tertiary/aromatic N) is 3. The fourth-order valence-electron chi connectivity index (χ4n) is 2.49. The summed E-state index contributed by atoms with van der Waals surface area (Å²) in [5, 5.41) is 8.97. The minimum absolute atomic E-state index is 0.692. The molecule has 1 saturated heterocycles. The van der Waals surface area contributed by atoms with Crippen molar-refractivity contribution in [3.63, 3.8) is 0 Å². The Labute approximate surface area is 113 Å². The van der Waals surface area contributed by atoms with Crippen LogP contribution in [0.25, 0.3) is 11.1 Å². The average Bonchev–Trinajstić information content (AvgIpc) is 3.02. The molecule has 0 amide bonds. The van der Waals surface area contributed by atoms with Crippen molar-refractivity contribution in [2.45, 2.75) is 12.8 Å². The number of aromatic nitrogens is 1. The van der Waals surface area contributed by atoms with Crippen molar-refractivity contribution in [2.24, 2.45) is 0 Å². The van der Waals surface area contributed by atoms with Crippen molar-refractivity contribution < 1.29 is 0 Å². The van der Waals surface area contributed by atoms with E-state index < -0.39 is 0 Å². The quantitative estimate of drug-likeness (QED) is 0.820. The predicted octanol–water partition coefficient (Wildman–Crippen LogP) is 3.22. The molecule has 1 fully saturated rings. The van der Waals surface area contributed by atoms with E-state index in [1.54, 1.807) is 0 Å². The Morgan fingerprint density at radius 2 is 1.84 bits per heavy atom. The Bertz CT molecular complexity index is 622. The van der Waals surface area contributed by atoms with Crippen molar-refractivity contribution in [2.75, 3.05) is 18.0 Å². The van der Waals surface area contributed by atoms with E-state index in [1.165, 1.54) is 12.8 Å². The molecule has 94 valence electrons. The molecule has 0 bridgehead atoms. The highest BCUT2D eigenvalue weighted by Gasteiger charge is 2.13. The Morgan fingerprint density at radius 3 is 2.63 bits per heavy atom. The molecule has 0 N–H and O–H groups in total. The molecule has 3 heteroatoms. The normalized spacial score (nSPS) is 14.4. The number of hydrogen-bond acceptors (Lipinski definition) is 3. The van der Waals surface area contributed by atoms with Crippen LogP contribution in [0.4, 0.5) is 5.82 Å². The zero-order valence-corrected chi connectivity index (χ0v) is 10.7. The van der Waals surface area contributed by atoms with Gasteiger partial charge in [0.05, 0.1) is 11.6 Å². The highest BCUT2D eigenvalue weighted by atomic mass is 15.2. The van der Waals surface area contributed by atoms with Gasteiger partial charge in [0.1, 0.15) is 5.82 Å². The first-order chi connectivity index (χ1) is 9.36. The van der Waals surface area contributed by atoms with Gasteiger partial charge < -0.3 is 4.90 Å². The number of anilines is 1. The molecule has 0 saturated carbocycles. The van der Waals surface area contributed by atoms with E-state index in [-0.39, 0.29) is 0 Å². The summed E-state index contributed by atoms with van der Waals surface area (Å²) in [6, 6.07) is 14.0. The van der Waals surface area contributed by atoms with Gasteiger partial charge in [-0.3, -0.25) is 0 Å². The van der Waals surface area contributed by atoms with Gasteiger partial charge in [0, 0.05) is 19.3 Å². The third kappa shape index (κ3) is 2.43. The van der Waals surface area contributed by atoms with Gasteiger partial charge in [-0.1, -0.05) is 12.1 Å². The number of pyridine rings is 1. The Morgan fingerprint density at radius 1 is 1.05 bits per heavy atom. The maximum absolute atomic E-state index is 8.97. The molecule has 19 heavy (non-hydrogen) atoms. The topological polar surface area (TPSA) is 39.9 Å². The minimum Gasteiger partial charge on any atom is -0.357 e. The molecule has 3 rings (SSSR count). The zero-order valence-electron chi connectivity index (χ0n) is 10.7. The summed E-state index contributed by atoms with van der Waals surface area (Å²) in [7, 11) is 0. The van der Waals surface area contributed by atoms with E-state index in [1.807, 2.05) is 36.5 Å². The first-order valence-corrected chi connectivity index (χ1v) is 6.58. The van der Waals surface area contributed by atoms with Crippen LogP contribution in [-0.2, 0) is 0 Å². The van der Waals surface area contributed by atoms with Crippen molar-refractivity contribution in [1.29, 1.82) is 5.26 Å². The monoisotopic (exact) mass is 249 g/mol. The molecule has 3 nitrogen and oxygen atoms in total. The molecule has 0 unspecified atom stereocenters. The lowest BCUT2D eigenvalue weighted by Crippen LogP contribution is -2.18. The average molecular weight is 249 g/mol. The van der Waals surface area contributed by atoms with Gasteiger partial charge in [-0.05, 0) is 48.2 Å². The minimum atomic E-state index is 0.692. The fourth-order valence-corrected chi connectivity index (χ4v) is 2.49. The lowest BCUT2D eigenvalue weighted by molar-refractivity contribution is 0.938. The van der Waals surface area contributed by atoms with Crippen LogP contribution in [0.1, 0.15) is 18.4 Å². The van der Waals surface area contributed by atoms with E-state index in [2.05, 4.69) is 22.0 Å². The maximum atomic E-state index is 8.97. The molecule has 1 aromatic heterocycles. The van der Waals surface area contributed by atoms with Gasteiger partial charge in [0.15, 0.2) is 0 Å². The van der Waals surface area contributed by atoms with Crippen LogP contribution in [0, 0.1) is 11.3 Å². The molecule has 1 aliphatic heterocycles. The largest absolute Gasteiger partial charge is 0.357 e. The first kappa shape index (κ1) is 11.7. The molecule has 0 aliphatic carbocycles. The second kappa shape index (κ2) is 5.11. The van der Waals surface area contributed by atoms with Gasteiger partial charge in [-0.25, -0.2) is 4.98 Å². The molecule has 2 aromatic rings. The molecular weight excluding hydrogens is 234 g/mol. The summed E-state index contributed by atoms with van der Waals surface area (Å²) < 4.78 is 0. The zero-order chi connectivity index (χ0) is 13.1. The summed E-state index contributed by atoms with van der Waals surface area (Å²) in [5.74, 6) is 1.04. The van der Waals surface area contributed by atoms with Crippen LogP contribution >= 0.6 is 0 Å². The van der Waals surface area contributed by atoms with E-state index in [4.69, 9.17) is 5.26 Å².